The lowest BCUT2D eigenvalue weighted by molar-refractivity contribution is 0.301. The minimum absolute atomic E-state index is 0.0221. The second-order valence-electron chi connectivity index (χ2n) is 2.31. The topological polar surface area (TPSA) is 92.2 Å². The number of nitrogens with zero attached hydrogens (tertiary/aromatic N) is 2. The summed E-state index contributed by atoms with van der Waals surface area (Å²) >= 11 is 5.39. The van der Waals surface area contributed by atoms with Crippen molar-refractivity contribution >= 4 is 21.6 Å². The summed E-state index contributed by atoms with van der Waals surface area (Å²) in [7, 11) is -3.63. The molecule has 0 atom stereocenters. The molecule has 0 aliphatic rings. The van der Waals surface area contributed by atoms with E-state index in [0.717, 1.165) is 12.4 Å². The van der Waals surface area contributed by atoms with Gasteiger partial charge < -0.3 is 5.11 Å². The molecule has 0 aromatic carbocycles. The van der Waals surface area contributed by atoms with E-state index in [1.165, 1.54) is 0 Å². The zero-order valence-electron chi connectivity index (χ0n) is 7.01. The summed E-state index contributed by atoms with van der Waals surface area (Å²) in [5.74, 6) is 0. The highest BCUT2D eigenvalue weighted by atomic mass is 35.5. The van der Waals surface area contributed by atoms with Gasteiger partial charge in [-0.1, -0.05) is 0 Å². The minimum Gasteiger partial charge on any atom is -0.395 e. The molecule has 0 bridgehead atoms. The van der Waals surface area contributed by atoms with Crippen LogP contribution in [0.5, 0.6) is 0 Å². The molecule has 1 aromatic rings. The van der Waals surface area contributed by atoms with E-state index in [9.17, 15) is 8.42 Å². The van der Waals surface area contributed by atoms with Gasteiger partial charge in [0.1, 0.15) is 4.90 Å². The quantitative estimate of drug-likeness (QED) is 0.683. The Morgan fingerprint density at radius 3 is 2.50 bits per heavy atom. The lowest BCUT2D eigenvalue weighted by atomic mass is 10.7. The molecule has 0 unspecified atom stereocenters. The normalized spacial score (nSPS) is 11.6. The molecule has 1 heterocycles. The molecule has 8 heteroatoms. The van der Waals surface area contributed by atoms with Crippen molar-refractivity contribution in [3.8, 4) is 0 Å². The van der Waals surface area contributed by atoms with Gasteiger partial charge in [-0.25, -0.2) is 23.1 Å². The molecule has 1 aromatic heterocycles. The fourth-order valence-electron chi connectivity index (χ4n) is 0.703. The number of sulfonamides is 1. The van der Waals surface area contributed by atoms with Crippen LogP contribution in [-0.2, 0) is 10.0 Å². The van der Waals surface area contributed by atoms with Crippen LogP contribution < -0.4 is 4.72 Å². The molecule has 0 spiro atoms. The maximum atomic E-state index is 11.4. The van der Waals surface area contributed by atoms with Gasteiger partial charge in [-0.15, -0.1) is 0 Å². The van der Waals surface area contributed by atoms with Crippen molar-refractivity contribution in [2.24, 2.45) is 0 Å². The van der Waals surface area contributed by atoms with Crippen LogP contribution in [-0.4, -0.2) is 36.6 Å². The highest BCUT2D eigenvalue weighted by molar-refractivity contribution is 7.89. The van der Waals surface area contributed by atoms with Crippen molar-refractivity contribution in [3.63, 3.8) is 0 Å². The summed E-state index contributed by atoms with van der Waals surface area (Å²) < 4.78 is 24.9. The Kier molecular flexibility index (Phi) is 3.76. The molecule has 0 fully saturated rings. The van der Waals surface area contributed by atoms with E-state index in [0.29, 0.717) is 0 Å². The zero-order valence-corrected chi connectivity index (χ0v) is 8.59. The first-order chi connectivity index (χ1) is 6.56. The Hall–Kier alpha value is -0.760. The van der Waals surface area contributed by atoms with Gasteiger partial charge >= 0.3 is 0 Å². The van der Waals surface area contributed by atoms with Crippen molar-refractivity contribution in [3.05, 3.63) is 17.7 Å². The van der Waals surface area contributed by atoms with Gasteiger partial charge in [0.2, 0.25) is 15.3 Å². The van der Waals surface area contributed by atoms with Gasteiger partial charge in [0, 0.05) is 6.54 Å². The van der Waals surface area contributed by atoms with Crippen LogP contribution >= 0.6 is 11.6 Å². The standard InChI is InChI=1S/C6H8ClN3O3S/c7-6-8-3-5(4-9-6)14(12,13)10-1-2-11/h3-4,10-11H,1-2H2. The van der Waals surface area contributed by atoms with Crippen LogP contribution in [0.15, 0.2) is 17.3 Å². The molecule has 6 nitrogen and oxygen atoms in total. The summed E-state index contributed by atoms with van der Waals surface area (Å²) in [6.45, 7) is -0.321. The number of hydrogen-bond acceptors (Lipinski definition) is 5. The summed E-state index contributed by atoms with van der Waals surface area (Å²) in [6.07, 6.45) is 2.18. The Labute approximate surface area is 86.0 Å². The largest absolute Gasteiger partial charge is 0.395 e. The Morgan fingerprint density at radius 1 is 1.43 bits per heavy atom. The lowest BCUT2D eigenvalue weighted by Crippen LogP contribution is -2.26. The molecular formula is C6H8ClN3O3S. The van der Waals surface area contributed by atoms with Crippen LogP contribution in [0.2, 0.25) is 5.28 Å². The number of rotatable bonds is 4. The maximum Gasteiger partial charge on any atom is 0.243 e. The average Bonchev–Trinajstić information content (AvgIpc) is 2.16. The summed E-state index contributed by atoms with van der Waals surface area (Å²) in [6, 6.07) is 0. The second kappa shape index (κ2) is 4.65. The molecule has 2 N–H and O–H groups in total. The third-order valence-electron chi connectivity index (χ3n) is 1.31. The van der Waals surface area contributed by atoms with Crippen molar-refractivity contribution in [1.82, 2.24) is 14.7 Å². The summed E-state index contributed by atoms with van der Waals surface area (Å²) in [4.78, 5) is 6.96. The van der Waals surface area contributed by atoms with E-state index in [-0.39, 0.29) is 23.3 Å². The first-order valence-corrected chi connectivity index (χ1v) is 5.50. The van der Waals surface area contributed by atoms with Crippen LogP contribution in [0.4, 0.5) is 0 Å². The van der Waals surface area contributed by atoms with Crippen LogP contribution in [0, 0.1) is 0 Å². The number of aromatic nitrogens is 2. The van der Waals surface area contributed by atoms with Crippen molar-refractivity contribution in [1.29, 1.82) is 0 Å². The maximum absolute atomic E-state index is 11.4. The molecular weight excluding hydrogens is 230 g/mol. The highest BCUT2D eigenvalue weighted by Gasteiger charge is 2.13. The lowest BCUT2D eigenvalue weighted by Gasteiger charge is -2.03. The molecule has 0 aliphatic heterocycles. The van der Waals surface area contributed by atoms with E-state index in [4.69, 9.17) is 16.7 Å². The van der Waals surface area contributed by atoms with E-state index >= 15 is 0 Å². The Balaban J connectivity index is 2.87. The van der Waals surface area contributed by atoms with Crippen LogP contribution in [0.1, 0.15) is 0 Å². The number of nitrogens with one attached hydrogen (secondary N) is 1. The van der Waals surface area contributed by atoms with E-state index < -0.39 is 10.0 Å². The highest BCUT2D eigenvalue weighted by Crippen LogP contribution is 2.06. The molecule has 0 saturated heterocycles. The third kappa shape index (κ3) is 2.88. The van der Waals surface area contributed by atoms with Gasteiger partial charge in [0.05, 0.1) is 19.0 Å². The Bertz CT molecular complexity index is 391. The van der Waals surface area contributed by atoms with Gasteiger partial charge in [0.15, 0.2) is 0 Å². The third-order valence-corrected chi connectivity index (χ3v) is 2.92. The zero-order chi connectivity index (χ0) is 10.6. The smallest absolute Gasteiger partial charge is 0.243 e. The molecule has 1 rings (SSSR count). The van der Waals surface area contributed by atoms with Crippen molar-refractivity contribution in [2.75, 3.05) is 13.2 Å². The van der Waals surface area contributed by atoms with E-state index in [2.05, 4.69) is 14.7 Å². The van der Waals surface area contributed by atoms with Gasteiger partial charge in [-0.05, 0) is 11.6 Å². The van der Waals surface area contributed by atoms with Gasteiger partial charge in [-0.3, -0.25) is 0 Å². The fraction of sp³-hybridized carbons (Fsp3) is 0.333. The first-order valence-electron chi connectivity index (χ1n) is 3.64. The molecule has 14 heavy (non-hydrogen) atoms. The van der Waals surface area contributed by atoms with Crippen LogP contribution in [0.25, 0.3) is 0 Å². The molecule has 0 aliphatic carbocycles. The number of aliphatic hydroxyl groups excluding tert-OH is 1. The van der Waals surface area contributed by atoms with Gasteiger partial charge in [-0.2, -0.15) is 0 Å². The first kappa shape index (κ1) is 11.3. The van der Waals surface area contributed by atoms with Crippen molar-refractivity contribution < 1.29 is 13.5 Å². The summed E-state index contributed by atoms with van der Waals surface area (Å²) in [5, 5.41) is 8.42. The van der Waals surface area contributed by atoms with Crippen molar-refractivity contribution in [2.45, 2.75) is 4.90 Å². The van der Waals surface area contributed by atoms with Gasteiger partial charge in [0.25, 0.3) is 0 Å². The average molecular weight is 238 g/mol. The molecule has 78 valence electrons. The second-order valence-corrected chi connectivity index (χ2v) is 4.41. The molecule has 0 radical (unpaired) electrons. The summed E-state index contributed by atoms with van der Waals surface area (Å²) in [5.41, 5.74) is 0. The minimum atomic E-state index is -3.63. The predicted octanol–water partition coefficient (Wildman–Crippen LogP) is -0.599. The molecule has 0 amide bonds. The Morgan fingerprint density at radius 2 is 2.00 bits per heavy atom. The van der Waals surface area contributed by atoms with E-state index in [1.54, 1.807) is 0 Å². The number of halogens is 1. The number of aliphatic hydroxyl groups is 1. The SMILES string of the molecule is O=S(=O)(NCCO)c1cnc(Cl)nc1. The van der Waals surface area contributed by atoms with E-state index in [1.807, 2.05) is 0 Å². The monoisotopic (exact) mass is 237 g/mol. The fourth-order valence-corrected chi connectivity index (χ4v) is 1.71. The number of hydrogen-bond donors (Lipinski definition) is 2. The molecule has 0 saturated carbocycles. The van der Waals surface area contributed by atoms with Crippen LogP contribution in [0.3, 0.4) is 0 Å². The predicted molar refractivity (Wildman–Crippen MR) is 49.3 cm³/mol.